The number of carboxylic acids is 1. The third-order valence-electron chi connectivity index (χ3n) is 5.40. The lowest BCUT2D eigenvalue weighted by atomic mass is 10.1. The minimum absolute atomic E-state index is 0.00514. The molecule has 33 heavy (non-hydrogen) atoms. The van der Waals surface area contributed by atoms with Gasteiger partial charge in [-0.05, 0) is 48.4 Å². The van der Waals surface area contributed by atoms with Gasteiger partial charge in [0.25, 0.3) is 5.91 Å². The summed E-state index contributed by atoms with van der Waals surface area (Å²) in [5.41, 5.74) is 2.46. The number of nitrogens with zero attached hydrogens (tertiary/aromatic N) is 2. The largest absolute Gasteiger partial charge is 0.481 e. The van der Waals surface area contributed by atoms with Crippen molar-refractivity contribution in [1.82, 2.24) is 9.80 Å². The van der Waals surface area contributed by atoms with Crippen molar-refractivity contribution in [2.24, 2.45) is 0 Å². The van der Waals surface area contributed by atoms with Crippen LogP contribution in [0, 0.1) is 0 Å². The van der Waals surface area contributed by atoms with E-state index in [0.717, 1.165) is 31.1 Å². The molecule has 2 aromatic rings. The highest BCUT2D eigenvalue weighted by Gasteiger charge is 2.22. The first kappa shape index (κ1) is 25.1. The predicted molar refractivity (Wildman–Crippen MR) is 132 cm³/mol. The number of anilines is 1. The van der Waals surface area contributed by atoms with Gasteiger partial charge in [0, 0.05) is 54.8 Å². The van der Waals surface area contributed by atoms with Gasteiger partial charge in [-0.2, -0.15) is 11.8 Å². The van der Waals surface area contributed by atoms with E-state index in [0.29, 0.717) is 30.1 Å². The lowest BCUT2D eigenvalue weighted by molar-refractivity contribution is -0.136. The maximum Gasteiger partial charge on any atom is 0.304 e. The summed E-state index contributed by atoms with van der Waals surface area (Å²) in [4.78, 5) is 39.5. The van der Waals surface area contributed by atoms with Crippen LogP contribution in [-0.2, 0) is 16.0 Å². The Morgan fingerprint density at radius 2 is 1.64 bits per heavy atom. The van der Waals surface area contributed by atoms with Gasteiger partial charge >= 0.3 is 5.97 Å². The van der Waals surface area contributed by atoms with Crippen LogP contribution in [0.25, 0.3) is 0 Å². The molecule has 1 saturated heterocycles. The van der Waals surface area contributed by atoms with E-state index in [1.54, 1.807) is 24.3 Å². The Bertz CT molecular complexity index is 945. The van der Waals surface area contributed by atoms with Crippen molar-refractivity contribution in [3.63, 3.8) is 0 Å². The minimum atomic E-state index is -0.873. The van der Waals surface area contributed by atoms with Crippen LogP contribution in [0.5, 0.6) is 0 Å². The number of hydrogen-bond acceptors (Lipinski definition) is 5. The molecule has 0 atom stereocenters. The first-order chi connectivity index (χ1) is 15.9. The molecule has 0 bridgehead atoms. The number of piperazine rings is 1. The van der Waals surface area contributed by atoms with E-state index in [1.165, 1.54) is 17.3 Å². The summed E-state index contributed by atoms with van der Waals surface area (Å²) in [6.07, 6.45) is 0.988. The van der Waals surface area contributed by atoms with Gasteiger partial charge in [0.15, 0.2) is 0 Å². The average molecular weight is 490 g/mol. The Labute approximate surface area is 203 Å². The van der Waals surface area contributed by atoms with Crippen LogP contribution in [0.2, 0.25) is 5.02 Å². The monoisotopic (exact) mass is 489 g/mol. The zero-order chi connectivity index (χ0) is 23.6. The fraction of sp³-hybridized carbons (Fsp3) is 0.375. The van der Waals surface area contributed by atoms with Gasteiger partial charge in [0.2, 0.25) is 5.91 Å². The topological polar surface area (TPSA) is 89.9 Å². The summed E-state index contributed by atoms with van der Waals surface area (Å²) in [6, 6.07) is 14.8. The molecule has 0 aliphatic carbocycles. The highest BCUT2D eigenvalue weighted by molar-refractivity contribution is 7.99. The minimum Gasteiger partial charge on any atom is -0.481 e. The lowest BCUT2D eigenvalue weighted by Gasteiger charge is -2.34. The Balaban J connectivity index is 1.39. The maximum absolute atomic E-state index is 12.8. The molecule has 2 aromatic carbocycles. The van der Waals surface area contributed by atoms with Crippen molar-refractivity contribution >= 4 is 46.8 Å². The third kappa shape index (κ3) is 8.38. The molecule has 1 fully saturated rings. The maximum atomic E-state index is 12.8. The van der Waals surface area contributed by atoms with Crippen molar-refractivity contribution in [3.05, 3.63) is 64.7 Å². The fourth-order valence-electron chi connectivity index (χ4n) is 3.51. The number of rotatable bonds is 10. The third-order valence-corrected chi connectivity index (χ3v) is 6.61. The summed E-state index contributed by atoms with van der Waals surface area (Å²) >= 11 is 7.21. The first-order valence-corrected chi connectivity index (χ1v) is 12.4. The Kier molecular flexibility index (Phi) is 9.60. The van der Waals surface area contributed by atoms with Gasteiger partial charge in [-0.1, -0.05) is 23.7 Å². The smallest absolute Gasteiger partial charge is 0.304 e. The summed E-state index contributed by atoms with van der Waals surface area (Å²) in [6.45, 7) is 4.00. The summed E-state index contributed by atoms with van der Waals surface area (Å²) in [5, 5.41) is 12.1. The number of amides is 2. The van der Waals surface area contributed by atoms with Crippen LogP contribution < -0.4 is 5.32 Å². The first-order valence-electron chi connectivity index (χ1n) is 10.9. The molecule has 2 N–H and O–H groups in total. The number of benzene rings is 2. The molecule has 7 nitrogen and oxygen atoms in total. The number of carbonyl (C=O) groups is 3. The van der Waals surface area contributed by atoms with Crippen molar-refractivity contribution in [3.8, 4) is 0 Å². The zero-order valence-electron chi connectivity index (χ0n) is 18.3. The van der Waals surface area contributed by atoms with Crippen LogP contribution in [0.4, 0.5) is 5.69 Å². The van der Waals surface area contributed by atoms with E-state index in [-0.39, 0.29) is 24.0 Å². The number of carbonyl (C=O) groups excluding carboxylic acids is 2. The van der Waals surface area contributed by atoms with Crippen molar-refractivity contribution < 1.29 is 19.5 Å². The highest BCUT2D eigenvalue weighted by atomic mass is 35.5. The molecule has 0 unspecified atom stereocenters. The van der Waals surface area contributed by atoms with Gasteiger partial charge in [-0.3, -0.25) is 19.3 Å². The number of aliphatic carboxylic acids is 1. The number of thioether (sulfide) groups is 1. The second-order valence-electron chi connectivity index (χ2n) is 7.83. The normalized spacial score (nSPS) is 14.2. The second-order valence-corrected chi connectivity index (χ2v) is 9.37. The van der Waals surface area contributed by atoms with Gasteiger partial charge in [-0.25, -0.2) is 0 Å². The number of nitrogens with one attached hydrogen (secondary N) is 1. The van der Waals surface area contributed by atoms with E-state index in [1.807, 2.05) is 29.2 Å². The molecule has 3 rings (SSSR count). The molecule has 1 heterocycles. The van der Waals surface area contributed by atoms with Gasteiger partial charge in [0.05, 0.1) is 12.2 Å². The standard InChI is InChI=1S/C24H28ClN3O4S/c25-20-5-1-18(2-6-20)9-11-27-12-14-28(15-13-27)24(32)19-3-7-21(8-4-19)26-22(29)17-33-16-10-23(30)31/h1-8H,9-17H2,(H,26,29)(H,30,31). The van der Waals surface area contributed by atoms with Crippen LogP contribution in [0.1, 0.15) is 22.3 Å². The van der Waals surface area contributed by atoms with E-state index in [2.05, 4.69) is 10.2 Å². The zero-order valence-corrected chi connectivity index (χ0v) is 19.9. The molecule has 0 saturated carbocycles. The Morgan fingerprint density at radius 3 is 2.27 bits per heavy atom. The van der Waals surface area contributed by atoms with Gasteiger partial charge in [-0.15, -0.1) is 0 Å². The van der Waals surface area contributed by atoms with Crippen molar-refractivity contribution in [2.45, 2.75) is 12.8 Å². The van der Waals surface area contributed by atoms with E-state index in [4.69, 9.17) is 16.7 Å². The predicted octanol–water partition coefficient (Wildman–Crippen LogP) is 3.49. The molecule has 0 aromatic heterocycles. The molecule has 0 radical (unpaired) electrons. The summed E-state index contributed by atoms with van der Waals surface area (Å²) < 4.78 is 0. The van der Waals surface area contributed by atoms with Crippen LogP contribution in [-0.4, -0.2) is 76.9 Å². The van der Waals surface area contributed by atoms with Crippen LogP contribution >= 0.6 is 23.4 Å². The molecule has 1 aliphatic rings. The molecule has 9 heteroatoms. The molecule has 0 spiro atoms. The fourth-order valence-corrected chi connectivity index (χ4v) is 4.36. The van der Waals surface area contributed by atoms with Crippen molar-refractivity contribution in [1.29, 1.82) is 0 Å². The molecule has 2 amide bonds. The lowest BCUT2D eigenvalue weighted by Crippen LogP contribution is -2.49. The average Bonchev–Trinajstić information content (AvgIpc) is 2.82. The Hall–Kier alpha value is -2.55. The molecule has 1 aliphatic heterocycles. The van der Waals surface area contributed by atoms with E-state index in [9.17, 15) is 14.4 Å². The summed E-state index contributed by atoms with van der Waals surface area (Å²) in [7, 11) is 0. The van der Waals surface area contributed by atoms with Crippen LogP contribution in [0.15, 0.2) is 48.5 Å². The SMILES string of the molecule is O=C(O)CCSCC(=O)Nc1ccc(C(=O)N2CCN(CCc3ccc(Cl)cc3)CC2)cc1. The highest BCUT2D eigenvalue weighted by Crippen LogP contribution is 2.15. The number of halogens is 1. The van der Waals surface area contributed by atoms with E-state index < -0.39 is 5.97 Å². The van der Waals surface area contributed by atoms with Gasteiger partial charge in [0.1, 0.15) is 0 Å². The van der Waals surface area contributed by atoms with E-state index >= 15 is 0 Å². The number of hydrogen-bond donors (Lipinski definition) is 2. The molecular weight excluding hydrogens is 462 g/mol. The van der Waals surface area contributed by atoms with Gasteiger partial charge < -0.3 is 15.3 Å². The molecular formula is C24H28ClN3O4S. The second kappa shape index (κ2) is 12.6. The quantitative estimate of drug-likeness (QED) is 0.496. The summed E-state index contributed by atoms with van der Waals surface area (Å²) in [5.74, 6) is -0.489. The van der Waals surface area contributed by atoms with Crippen LogP contribution in [0.3, 0.4) is 0 Å². The molecule has 176 valence electrons. The van der Waals surface area contributed by atoms with Crippen molar-refractivity contribution in [2.75, 3.05) is 49.5 Å². The number of carboxylic acid groups (broad SMARTS) is 1. The Morgan fingerprint density at radius 1 is 0.970 bits per heavy atom.